The molecule has 18 heavy (non-hydrogen) atoms. The maximum Gasteiger partial charge on any atom is 0.269 e. The zero-order valence-corrected chi connectivity index (χ0v) is 11.6. The number of aromatic nitrogens is 1. The van der Waals surface area contributed by atoms with Crippen molar-refractivity contribution in [2.75, 3.05) is 12.3 Å². The zero-order valence-electron chi connectivity index (χ0n) is 11.6. The van der Waals surface area contributed by atoms with Crippen LogP contribution in [-0.4, -0.2) is 17.4 Å². The Morgan fingerprint density at radius 2 is 1.89 bits per heavy atom. The van der Waals surface area contributed by atoms with Crippen molar-refractivity contribution in [3.05, 3.63) is 23.9 Å². The van der Waals surface area contributed by atoms with Gasteiger partial charge in [-0.2, -0.15) is 0 Å². The van der Waals surface area contributed by atoms with Crippen molar-refractivity contribution in [2.45, 2.75) is 27.7 Å². The number of anilines is 1. The van der Waals surface area contributed by atoms with Gasteiger partial charge in [0.2, 0.25) is 0 Å². The Balaban J connectivity index is 2.60. The average Bonchev–Trinajstić information content (AvgIpc) is 2.28. The number of rotatable bonds is 5. The van der Waals surface area contributed by atoms with Gasteiger partial charge in [0.15, 0.2) is 0 Å². The van der Waals surface area contributed by atoms with Crippen LogP contribution in [0.4, 0.5) is 5.82 Å². The fourth-order valence-corrected chi connectivity index (χ4v) is 2.12. The number of pyridine rings is 1. The van der Waals surface area contributed by atoms with E-state index in [4.69, 9.17) is 5.73 Å². The van der Waals surface area contributed by atoms with E-state index in [0.29, 0.717) is 35.8 Å². The standard InChI is InChI=1S/C14H23N3O/c1-9(2)11(10(3)4)8-16-14(18)12-6-5-7-13(15)17-12/h5-7,9-11H,8H2,1-4H3,(H2,15,17)(H,16,18). The largest absolute Gasteiger partial charge is 0.384 e. The highest BCUT2D eigenvalue weighted by atomic mass is 16.1. The van der Waals surface area contributed by atoms with Gasteiger partial charge in [0.25, 0.3) is 5.91 Å². The highest BCUT2D eigenvalue weighted by Crippen LogP contribution is 2.19. The Hall–Kier alpha value is -1.58. The van der Waals surface area contributed by atoms with Crippen LogP contribution in [0, 0.1) is 17.8 Å². The molecule has 4 nitrogen and oxygen atoms in total. The lowest BCUT2D eigenvalue weighted by atomic mass is 9.85. The summed E-state index contributed by atoms with van der Waals surface area (Å²) in [6, 6.07) is 5.08. The fraction of sp³-hybridized carbons (Fsp3) is 0.571. The summed E-state index contributed by atoms with van der Waals surface area (Å²) in [5.41, 5.74) is 5.93. The molecule has 0 atom stereocenters. The summed E-state index contributed by atoms with van der Waals surface area (Å²) < 4.78 is 0. The zero-order chi connectivity index (χ0) is 13.7. The smallest absolute Gasteiger partial charge is 0.269 e. The van der Waals surface area contributed by atoms with E-state index in [1.807, 2.05) is 0 Å². The van der Waals surface area contributed by atoms with Gasteiger partial charge >= 0.3 is 0 Å². The highest BCUT2D eigenvalue weighted by molar-refractivity contribution is 5.92. The molecule has 1 amide bonds. The van der Waals surface area contributed by atoms with Crippen molar-refractivity contribution in [1.82, 2.24) is 10.3 Å². The summed E-state index contributed by atoms with van der Waals surface area (Å²) in [6.45, 7) is 9.38. The lowest BCUT2D eigenvalue weighted by Crippen LogP contribution is -2.34. The molecular formula is C14H23N3O. The third-order valence-corrected chi connectivity index (χ3v) is 3.21. The van der Waals surface area contributed by atoms with Crippen molar-refractivity contribution in [3.8, 4) is 0 Å². The van der Waals surface area contributed by atoms with Crippen LogP contribution >= 0.6 is 0 Å². The molecule has 0 spiro atoms. The van der Waals surface area contributed by atoms with Crippen molar-refractivity contribution < 1.29 is 4.79 Å². The molecule has 4 heteroatoms. The van der Waals surface area contributed by atoms with Crippen molar-refractivity contribution >= 4 is 11.7 Å². The Kier molecular flexibility index (Phi) is 5.13. The van der Waals surface area contributed by atoms with Crippen molar-refractivity contribution in [1.29, 1.82) is 0 Å². The van der Waals surface area contributed by atoms with E-state index in [1.165, 1.54) is 0 Å². The molecule has 0 fully saturated rings. The normalized spacial score (nSPS) is 11.3. The first kappa shape index (κ1) is 14.5. The molecule has 0 aliphatic carbocycles. The second kappa shape index (κ2) is 6.38. The van der Waals surface area contributed by atoms with Crippen LogP contribution in [-0.2, 0) is 0 Å². The fourth-order valence-electron chi connectivity index (χ4n) is 2.12. The van der Waals surface area contributed by atoms with E-state index in [0.717, 1.165) is 0 Å². The minimum Gasteiger partial charge on any atom is -0.384 e. The summed E-state index contributed by atoms with van der Waals surface area (Å²) in [5.74, 6) is 1.76. The first-order valence-corrected chi connectivity index (χ1v) is 6.42. The van der Waals surface area contributed by atoms with Crippen LogP contribution in [0.5, 0.6) is 0 Å². The third-order valence-electron chi connectivity index (χ3n) is 3.21. The van der Waals surface area contributed by atoms with Gasteiger partial charge in [-0.1, -0.05) is 33.8 Å². The SMILES string of the molecule is CC(C)C(CNC(=O)c1cccc(N)n1)C(C)C. The molecule has 0 aromatic carbocycles. The number of nitrogens with two attached hydrogens (primary N) is 1. The average molecular weight is 249 g/mol. The van der Waals surface area contributed by atoms with Gasteiger partial charge < -0.3 is 11.1 Å². The third kappa shape index (κ3) is 4.02. The number of carbonyl (C=O) groups is 1. The summed E-state index contributed by atoms with van der Waals surface area (Å²) in [6.07, 6.45) is 0. The lowest BCUT2D eigenvalue weighted by molar-refractivity contribution is 0.0932. The van der Waals surface area contributed by atoms with Gasteiger partial charge in [0, 0.05) is 6.54 Å². The number of amides is 1. The van der Waals surface area contributed by atoms with Gasteiger partial charge in [-0.05, 0) is 29.9 Å². The van der Waals surface area contributed by atoms with Crippen LogP contribution in [0.1, 0.15) is 38.2 Å². The summed E-state index contributed by atoms with van der Waals surface area (Å²) in [4.78, 5) is 15.9. The maximum absolute atomic E-state index is 11.9. The highest BCUT2D eigenvalue weighted by Gasteiger charge is 2.18. The lowest BCUT2D eigenvalue weighted by Gasteiger charge is -2.24. The van der Waals surface area contributed by atoms with E-state index in [-0.39, 0.29) is 5.91 Å². The molecule has 100 valence electrons. The number of hydrogen-bond donors (Lipinski definition) is 2. The maximum atomic E-state index is 11.9. The summed E-state index contributed by atoms with van der Waals surface area (Å²) >= 11 is 0. The predicted octanol–water partition coefficient (Wildman–Crippen LogP) is 2.32. The Morgan fingerprint density at radius 3 is 2.39 bits per heavy atom. The van der Waals surface area contributed by atoms with Crippen molar-refractivity contribution in [3.63, 3.8) is 0 Å². The molecule has 0 saturated carbocycles. The Labute approximate surface area is 109 Å². The van der Waals surface area contributed by atoms with Crippen LogP contribution in [0.25, 0.3) is 0 Å². The number of nitrogens with one attached hydrogen (secondary N) is 1. The molecule has 0 aliphatic rings. The second-order valence-corrected chi connectivity index (χ2v) is 5.31. The first-order valence-electron chi connectivity index (χ1n) is 6.42. The van der Waals surface area contributed by atoms with Gasteiger partial charge in [-0.15, -0.1) is 0 Å². The molecule has 0 radical (unpaired) electrons. The monoisotopic (exact) mass is 249 g/mol. The summed E-state index contributed by atoms with van der Waals surface area (Å²) in [5, 5.41) is 2.93. The Morgan fingerprint density at radius 1 is 1.28 bits per heavy atom. The molecule has 1 rings (SSSR count). The van der Waals surface area contributed by atoms with E-state index in [1.54, 1.807) is 18.2 Å². The molecule has 1 aromatic rings. The van der Waals surface area contributed by atoms with Crippen molar-refractivity contribution in [2.24, 2.45) is 17.8 Å². The van der Waals surface area contributed by atoms with E-state index in [2.05, 4.69) is 38.0 Å². The number of nitrogen functional groups attached to an aromatic ring is 1. The van der Waals surface area contributed by atoms with Gasteiger partial charge in [0.1, 0.15) is 11.5 Å². The van der Waals surface area contributed by atoms with E-state index < -0.39 is 0 Å². The number of nitrogens with zero attached hydrogens (tertiary/aromatic N) is 1. The second-order valence-electron chi connectivity index (χ2n) is 5.31. The van der Waals surface area contributed by atoms with Gasteiger partial charge in [-0.25, -0.2) is 4.98 Å². The molecule has 3 N–H and O–H groups in total. The Bertz CT molecular complexity index is 394. The molecule has 0 saturated heterocycles. The van der Waals surface area contributed by atoms with Gasteiger partial charge in [0.05, 0.1) is 0 Å². The molecule has 1 heterocycles. The molecule has 1 aromatic heterocycles. The van der Waals surface area contributed by atoms with Crippen LogP contribution in [0.3, 0.4) is 0 Å². The molecule has 0 bridgehead atoms. The van der Waals surface area contributed by atoms with Crippen LogP contribution < -0.4 is 11.1 Å². The molecular weight excluding hydrogens is 226 g/mol. The summed E-state index contributed by atoms with van der Waals surface area (Å²) in [7, 11) is 0. The van der Waals surface area contributed by atoms with E-state index in [9.17, 15) is 4.79 Å². The molecule has 0 unspecified atom stereocenters. The van der Waals surface area contributed by atoms with E-state index >= 15 is 0 Å². The van der Waals surface area contributed by atoms with Crippen LogP contribution in [0.2, 0.25) is 0 Å². The number of carbonyl (C=O) groups excluding carboxylic acids is 1. The topological polar surface area (TPSA) is 68.0 Å². The molecule has 0 aliphatic heterocycles. The minimum absolute atomic E-state index is 0.159. The van der Waals surface area contributed by atoms with Crippen LogP contribution in [0.15, 0.2) is 18.2 Å². The van der Waals surface area contributed by atoms with Gasteiger partial charge in [-0.3, -0.25) is 4.79 Å². The quantitative estimate of drug-likeness (QED) is 0.841. The predicted molar refractivity (Wildman–Crippen MR) is 74.1 cm³/mol. The first-order chi connectivity index (χ1) is 8.41. The minimum atomic E-state index is -0.159. The number of hydrogen-bond acceptors (Lipinski definition) is 3.